The van der Waals surface area contributed by atoms with Crippen molar-refractivity contribution in [3.63, 3.8) is 0 Å². The van der Waals surface area contributed by atoms with Gasteiger partial charge in [-0.2, -0.15) is 0 Å². The van der Waals surface area contributed by atoms with Crippen LogP contribution in [-0.4, -0.2) is 38.6 Å². The number of carboxylic acid groups (broad SMARTS) is 1. The SMILES string of the molecule is CC1CC(=O)N(Cc2cc(F)c(C(=O)O)cc2Oc2ccc(-c3nnc(C(C)C)s3)cc2)C1. The molecule has 2 heterocycles. The van der Waals surface area contributed by atoms with Crippen molar-refractivity contribution in [2.45, 2.75) is 39.7 Å². The van der Waals surface area contributed by atoms with E-state index in [4.69, 9.17) is 4.74 Å². The van der Waals surface area contributed by atoms with Gasteiger partial charge in [-0.25, -0.2) is 9.18 Å². The minimum Gasteiger partial charge on any atom is -0.478 e. The van der Waals surface area contributed by atoms with Gasteiger partial charge in [0.25, 0.3) is 0 Å². The first-order chi connectivity index (χ1) is 15.7. The molecule has 1 atom stereocenters. The fourth-order valence-corrected chi connectivity index (χ4v) is 4.53. The average molecular weight is 470 g/mol. The third-order valence-corrected chi connectivity index (χ3v) is 6.69. The van der Waals surface area contributed by atoms with E-state index in [2.05, 4.69) is 24.0 Å². The van der Waals surface area contributed by atoms with Crippen LogP contribution in [0.1, 0.15) is 54.0 Å². The second-order valence-corrected chi connectivity index (χ2v) is 9.56. The van der Waals surface area contributed by atoms with Crippen molar-refractivity contribution >= 4 is 23.2 Å². The van der Waals surface area contributed by atoms with Crippen LogP contribution >= 0.6 is 11.3 Å². The van der Waals surface area contributed by atoms with Crippen LogP contribution in [-0.2, 0) is 11.3 Å². The highest BCUT2D eigenvalue weighted by Crippen LogP contribution is 2.33. The van der Waals surface area contributed by atoms with E-state index in [0.717, 1.165) is 21.6 Å². The molecule has 1 unspecified atom stereocenters. The molecule has 7 nitrogen and oxygen atoms in total. The second-order valence-electron chi connectivity index (χ2n) is 8.56. The Balaban J connectivity index is 1.61. The highest BCUT2D eigenvalue weighted by molar-refractivity contribution is 7.14. The molecule has 0 bridgehead atoms. The Morgan fingerprint density at radius 2 is 2.00 bits per heavy atom. The molecule has 1 saturated heterocycles. The normalized spacial score (nSPS) is 16.0. The van der Waals surface area contributed by atoms with Crippen molar-refractivity contribution < 1.29 is 23.8 Å². The average Bonchev–Trinajstić information content (AvgIpc) is 3.37. The Labute approximate surface area is 194 Å². The lowest BCUT2D eigenvalue weighted by molar-refractivity contribution is -0.128. The Hall–Kier alpha value is -3.33. The first-order valence-electron chi connectivity index (χ1n) is 10.7. The molecule has 3 aromatic rings. The number of carbonyl (C=O) groups is 2. The van der Waals surface area contributed by atoms with Crippen molar-refractivity contribution in [2.75, 3.05) is 6.54 Å². The van der Waals surface area contributed by atoms with Gasteiger partial charge in [0.1, 0.15) is 27.3 Å². The number of rotatable bonds is 7. The van der Waals surface area contributed by atoms with Gasteiger partial charge in [0, 0.05) is 36.6 Å². The van der Waals surface area contributed by atoms with Crippen molar-refractivity contribution in [1.29, 1.82) is 0 Å². The molecule has 1 aliphatic rings. The van der Waals surface area contributed by atoms with Crippen LogP contribution in [0, 0.1) is 11.7 Å². The molecular formula is C24H24FN3O4S. The summed E-state index contributed by atoms with van der Waals surface area (Å²) >= 11 is 1.52. The second kappa shape index (κ2) is 9.27. The van der Waals surface area contributed by atoms with E-state index in [9.17, 15) is 19.1 Å². The fraction of sp³-hybridized carbons (Fsp3) is 0.333. The number of halogens is 1. The maximum absolute atomic E-state index is 14.4. The highest BCUT2D eigenvalue weighted by Gasteiger charge is 2.28. The van der Waals surface area contributed by atoms with E-state index in [-0.39, 0.29) is 24.1 Å². The molecule has 0 saturated carbocycles. The Kier molecular flexibility index (Phi) is 6.42. The summed E-state index contributed by atoms with van der Waals surface area (Å²) in [6.07, 6.45) is 0.442. The predicted molar refractivity (Wildman–Crippen MR) is 122 cm³/mol. The molecule has 9 heteroatoms. The molecule has 33 heavy (non-hydrogen) atoms. The van der Waals surface area contributed by atoms with Crippen molar-refractivity contribution in [1.82, 2.24) is 15.1 Å². The molecular weight excluding hydrogens is 445 g/mol. The van der Waals surface area contributed by atoms with Crippen LogP contribution in [0.15, 0.2) is 36.4 Å². The lowest BCUT2D eigenvalue weighted by Gasteiger charge is -2.19. The Morgan fingerprint density at radius 3 is 2.58 bits per heavy atom. The van der Waals surface area contributed by atoms with Gasteiger partial charge in [-0.3, -0.25) is 4.79 Å². The van der Waals surface area contributed by atoms with Crippen LogP contribution in [0.25, 0.3) is 10.6 Å². The molecule has 0 aliphatic carbocycles. The van der Waals surface area contributed by atoms with Crippen LogP contribution < -0.4 is 4.74 Å². The number of hydrogen-bond donors (Lipinski definition) is 1. The molecule has 2 aromatic carbocycles. The van der Waals surface area contributed by atoms with Crippen molar-refractivity contribution in [3.8, 4) is 22.1 Å². The summed E-state index contributed by atoms with van der Waals surface area (Å²) in [5, 5.41) is 19.5. The number of hydrogen-bond acceptors (Lipinski definition) is 6. The summed E-state index contributed by atoms with van der Waals surface area (Å²) in [5.41, 5.74) is 0.810. The summed E-state index contributed by atoms with van der Waals surface area (Å²) in [6.45, 7) is 6.81. The summed E-state index contributed by atoms with van der Waals surface area (Å²) < 4.78 is 20.4. The number of carboxylic acids is 1. The third kappa shape index (κ3) is 5.03. The van der Waals surface area contributed by atoms with E-state index < -0.39 is 17.3 Å². The van der Waals surface area contributed by atoms with Gasteiger partial charge in [-0.05, 0) is 42.3 Å². The zero-order valence-electron chi connectivity index (χ0n) is 18.5. The fourth-order valence-electron chi connectivity index (χ4n) is 3.68. The Morgan fingerprint density at radius 1 is 1.27 bits per heavy atom. The third-order valence-electron chi connectivity index (χ3n) is 5.41. The van der Waals surface area contributed by atoms with E-state index in [1.165, 1.54) is 17.4 Å². The molecule has 1 amide bonds. The van der Waals surface area contributed by atoms with Crippen molar-refractivity contribution in [2.24, 2.45) is 5.92 Å². The Bertz CT molecular complexity index is 1190. The minimum absolute atomic E-state index is 0.0154. The molecule has 1 aliphatic heterocycles. The zero-order chi connectivity index (χ0) is 23.7. The van der Waals surface area contributed by atoms with E-state index in [1.807, 2.05) is 19.1 Å². The first kappa shape index (κ1) is 22.8. The number of nitrogens with zero attached hydrogens (tertiary/aromatic N) is 3. The van der Waals surface area contributed by atoms with Crippen molar-refractivity contribution in [3.05, 3.63) is 58.3 Å². The number of aromatic carboxylic acids is 1. The number of amides is 1. The topological polar surface area (TPSA) is 92.6 Å². The summed E-state index contributed by atoms with van der Waals surface area (Å²) in [4.78, 5) is 25.3. The first-order valence-corrected chi connectivity index (χ1v) is 11.5. The van der Waals surface area contributed by atoms with Crippen LogP contribution in [0.5, 0.6) is 11.5 Å². The number of aromatic nitrogens is 2. The van der Waals surface area contributed by atoms with Crippen LogP contribution in [0.3, 0.4) is 0 Å². The minimum atomic E-state index is -1.39. The molecule has 0 spiro atoms. The summed E-state index contributed by atoms with van der Waals surface area (Å²) in [7, 11) is 0. The molecule has 0 radical (unpaired) electrons. The predicted octanol–water partition coefficient (Wildman–Crippen LogP) is 5.33. The number of carbonyl (C=O) groups excluding carboxylic acids is 1. The monoisotopic (exact) mass is 469 g/mol. The van der Waals surface area contributed by atoms with Gasteiger partial charge in [-0.15, -0.1) is 10.2 Å². The van der Waals surface area contributed by atoms with E-state index in [0.29, 0.717) is 30.2 Å². The van der Waals surface area contributed by atoms with Gasteiger partial charge < -0.3 is 14.7 Å². The number of likely N-dealkylation sites (tertiary alicyclic amines) is 1. The van der Waals surface area contributed by atoms with Gasteiger partial charge in [0.2, 0.25) is 5.91 Å². The lowest BCUT2D eigenvalue weighted by atomic mass is 10.1. The van der Waals surface area contributed by atoms with Gasteiger partial charge in [0.05, 0.1) is 5.56 Å². The molecule has 4 rings (SSSR count). The van der Waals surface area contributed by atoms with Crippen LogP contribution in [0.4, 0.5) is 4.39 Å². The summed E-state index contributed by atoms with van der Waals surface area (Å²) in [5.74, 6) is -1.10. The highest BCUT2D eigenvalue weighted by atomic mass is 32.1. The van der Waals surface area contributed by atoms with Gasteiger partial charge >= 0.3 is 5.97 Å². The maximum atomic E-state index is 14.4. The number of benzene rings is 2. The molecule has 172 valence electrons. The smallest absolute Gasteiger partial charge is 0.338 e. The standard InChI is InChI=1S/C24H24FN3O4S/c1-13(2)22-26-27-23(33-22)15-4-6-17(7-5-15)32-20-10-18(24(30)31)19(25)9-16(20)12-28-11-14(3)8-21(28)29/h4-7,9-10,13-14H,8,11-12H2,1-3H3,(H,30,31). The van der Waals surface area contributed by atoms with E-state index in [1.54, 1.807) is 17.0 Å². The maximum Gasteiger partial charge on any atom is 0.338 e. The van der Waals surface area contributed by atoms with Crippen LogP contribution in [0.2, 0.25) is 0 Å². The molecule has 1 fully saturated rings. The zero-order valence-corrected chi connectivity index (χ0v) is 19.4. The lowest BCUT2D eigenvalue weighted by Crippen LogP contribution is -2.25. The van der Waals surface area contributed by atoms with Gasteiger partial charge in [-0.1, -0.05) is 32.1 Å². The molecule has 1 N–H and O–H groups in total. The molecule has 1 aromatic heterocycles. The van der Waals surface area contributed by atoms with Gasteiger partial charge in [0.15, 0.2) is 0 Å². The largest absolute Gasteiger partial charge is 0.478 e. The quantitative estimate of drug-likeness (QED) is 0.503. The summed E-state index contributed by atoms with van der Waals surface area (Å²) in [6, 6.07) is 9.47. The number of ether oxygens (including phenoxy) is 1. The van der Waals surface area contributed by atoms with E-state index >= 15 is 0 Å².